The molecule has 0 unspecified atom stereocenters. The molecule has 0 spiro atoms. The Balaban J connectivity index is 2.65. The Kier molecular flexibility index (Phi) is 6.25. The lowest BCUT2D eigenvalue weighted by atomic mass is 10.1. The average molecular weight is 269 g/mol. The number of nitrogens with one attached hydrogen (secondary N) is 1. The molecule has 1 aromatic rings. The molecule has 1 rings (SSSR count). The summed E-state index contributed by atoms with van der Waals surface area (Å²) in [5, 5.41) is 3.11. The molecule has 0 aliphatic rings. The van der Waals surface area contributed by atoms with Gasteiger partial charge in [-0.05, 0) is 24.6 Å². The first-order valence-electron chi connectivity index (χ1n) is 5.67. The highest BCUT2D eigenvalue weighted by Crippen LogP contribution is 2.28. The molecule has 18 heavy (non-hydrogen) atoms. The molecule has 0 aliphatic heterocycles. The van der Waals surface area contributed by atoms with Crippen LogP contribution < -0.4 is 15.8 Å². The first-order valence-corrected chi connectivity index (χ1v) is 6.04. The summed E-state index contributed by atoms with van der Waals surface area (Å²) in [7, 11) is 0. The largest absolute Gasteiger partial charge is 0.482 e. The van der Waals surface area contributed by atoms with Gasteiger partial charge in [-0.1, -0.05) is 29.8 Å². The van der Waals surface area contributed by atoms with E-state index in [0.29, 0.717) is 30.3 Å². The van der Waals surface area contributed by atoms with Gasteiger partial charge in [-0.3, -0.25) is 4.79 Å². The van der Waals surface area contributed by atoms with Crippen LogP contribution in [0.5, 0.6) is 5.75 Å². The summed E-state index contributed by atoms with van der Waals surface area (Å²) < 4.78 is 5.45. The third-order valence-electron chi connectivity index (χ3n) is 2.25. The SMILES string of the molecule is C=CCNC(=O)COc1c(Cl)cccc1CCN. The summed E-state index contributed by atoms with van der Waals surface area (Å²) in [4.78, 5) is 11.4. The molecule has 3 N–H and O–H groups in total. The number of para-hydroxylation sites is 1. The first-order chi connectivity index (χ1) is 8.69. The van der Waals surface area contributed by atoms with Crippen LogP contribution in [-0.2, 0) is 11.2 Å². The maximum atomic E-state index is 11.4. The maximum Gasteiger partial charge on any atom is 0.258 e. The van der Waals surface area contributed by atoms with Gasteiger partial charge in [0.2, 0.25) is 0 Å². The third-order valence-corrected chi connectivity index (χ3v) is 2.55. The molecule has 5 heteroatoms. The van der Waals surface area contributed by atoms with Gasteiger partial charge < -0.3 is 15.8 Å². The number of rotatable bonds is 7. The van der Waals surface area contributed by atoms with Gasteiger partial charge in [-0.2, -0.15) is 0 Å². The number of benzene rings is 1. The van der Waals surface area contributed by atoms with E-state index in [9.17, 15) is 4.79 Å². The molecule has 0 saturated heterocycles. The number of halogens is 1. The van der Waals surface area contributed by atoms with Crippen molar-refractivity contribution < 1.29 is 9.53 Å². The van der Waals surface area contributed by atoms with Crippen LogP contribution in [0.25, 0.3) is 0 Å². The van der Waals surface area contributed by atoms with E-state index in [1.807, 2.05) is 12.1 Å². The Morgan fingerprint density at radius 3 is 3.00 bits per heavy atom. The quantitative estimate of drug-likeness (QED) is 0.737. The molecule has 0 heterocycles. The van der Waals surface area contributed by atoms with E-state index in [1.54, 1.807) is 12.1 Å². The van der Waals surface area contributed by atoms with Crippen LogP contribution in [0.2, 0.25) is 5.02 Å². The predicted molar refractivity (Wildman–Crippen MR) is 72.9 cm³/mol. The lowest BCUT2D eigenvalue weighted by Crippen LogP contribution is -2.29. The van der Waals surface area contributed by atoms with Crippen LogP contribution in [0.4, 0.5) is 0 Å². The van der Waals surface area contributed by atoms with Crippen molar-refractivity contribution >= 4 is 17.5 Å². The van der Waals surface area contributed by atoms with E-state index in [4.69, 9.17) is 22.1 Å². The highest BCUT2D eigenvalue weighted by atomic mass is 35.5. The normalized spacial score (nSPS) is 9.89. The molecule has 0 bridgehead atoms. The molecule has 0 fully saturated rings. The first kappa shape index (κ1) is 14.5. The number of ether oxygens (including phenoxy) is 1. The topological polar surface area (TPSA) is 64.3 Å². The third kappa shape index (κ3) is 4.39. The fourth-order valence-corrected chi connectivity index (χ4v) is 1.69. The summed E-state index contributed by atoms with van der Waals surface area (Å²) in [6, 6.07) is 5.44. The number of nitrogens with two attached hydrogens (primary N) is 1. The Morgan fingerprint density at radius 2 is 2.33 bits per heavy atom. The van der Waals surface area contributed by atoms with Crippen LogP contribution in [0.3, 0.4) is 0 Å². The molecule has 0 radical (unpaired) electrons. The second kappa shape index (κ2) is 7.74. The second-order valence-electron chi connectivity index (χ2n) is 3.65. The molecule has 98 valence electrons. The second-order valence-corrected chi connectivity index (χ2v) is 4.06. The van der Waals surface area contributed by atoms with E-state index in [-0.39, 0.29) is 12.5 Å². The standard InChI is InChI=1S/C13H17ClN2O2/c1-2-8-16-12(17)9-18-13-10(6-7-15)4-3-5-11(13)14/h2-5H,1,6-9,15H2,(H,16,17). The summed E-state index contributed by atoms with van der Waals surface area (Å²) in [5.74, 6) is 0.312. The number of hydrogen-bond donors (Lipinski definition) is 2. The highest BCUT2D eigenvalue weighted by Gasteiger charge is 2.09. The number of amides is 1. The minimum Gasteiger partial charge on any atom is -0.482 e. The molecule has 1 aromatic carbocycles. The fourth-order valence-electron chi connectivity index (χ4n) is 1.44. The monoisotopic (exact) mass is 268 g/mol. The molecular formula is C13H17ClN2O2. The van der Waals surface area contributed by atoms with E-state index < -0.39 is 0 Å². The number of carbonyl (C=O) groups is 1. The van der Waals surface area contributed by atoms with E-state index in [0.717, 1.165) is 5.56 Å². The van der Waals surface area contributed by atoms with Crippen molar-refractivity contribution in [3.8, 4) is 5.75 Å². The average Bonchev–Trinajstić information content (AvgIpc) is 2.36. The van der Waals surface area contributed by atoms with Crippen molar-refractivity contribution in [2.75, 3.05) is 19.7 Å². The van der Waals surface area contributed by atoms with Crippen molar-refractivity contribution in [2.24, 2.45) is 5.73 Å². The van der Waals surface area contributed by atoms with Crippen LogP contribution >= 0.6 is 11.6 Å². The Bertz CT molecular complexity index is 421. The van der Waals surface area contributed by atoms with E-state index in [2.05, 4.69) is 11.9 Å². The zero-order chi connectivity index (χ0) is 13.4. The molecule has 0 atom stereocenters. The van der Waals surface area contributed by atoms with Crippen LogP contribution in [-0.4, -0.2) is 25.6 Å². The minimum absolute atomic E-state index is 0.0743. The lowest BCUT2D eigenvalue weighted by molar-refractivity contribution is -0.122. The van der Waals surface area contributed by atoms with Gasteiger partial charge in [0.05, 0.1) is 5.02 Å². The molecule has 4 nitrogen and oxygen atoms in total. The van der Waals surface area contributed by atoms with Crippen molar-refractivity contribution in [3.05, 3.63) is 41.4 Å². The van der Waals surface area contributed by atoms with Crippen molar-refractivity contribution in [1.29, 1.82) is 0 Å². The van der Waals surface area contributed by atoms with E-state index >= 15 is 0 Å². The smallest absolute Gasteiger partial charge is 0.258 e. The van der Waals surface area contributed by atoms with Crippen molar-refractivity contribution in [1.82, 2.24) is 5.32 Å². The molecular weight excluding hydrogens is 252 g/mol. The zero-order valence-electron chi connectivity index (χ0n) is 10.1. The predicted octanol–water partition coefficient (Wildman–Crippen LogP) is 1.52. The number of hydrogen-bond acceptors (Lipinski definition) is 3. The summed E-state index contributed by atoms with van der Waals surface area (Å²) in [6.45, 7) is 4.36. The van der Waals surface area contributed by atoms with Crippen LogP contribution in [0.1, 0.15) is 5.56 Å². The number of carbonyl (C=O) groups excluding carboxylic acids is 1. The molecule has 1 amide bonds. The van der Waals surface area contributed by atoms with Gasteiger partial charge in [-0.15, -0.1) is 6.58 Å². The molecule has 0 aromatic heterocycles. The summed E-state index contributed by atoms with van der Waals surface area (Å²) in [6.07, 6.45) is 2.26. The molecule has 0 saturated carbocycles. The maximum absolute atomic E-state index is 11.4. The minimum atomic E-state index is -0.214. The molecule has 0 aliphatic carbocycles. The zero-order valence-corrected chi connectivity index (χ0v) is 10.9. The highest BCUT2D eigenvalue weighted by molar-refractivity contribution is 6.32. The Hall–Kier alpha value is -1.52. The van der Waals surface area contributed by atoms with Gasteiger partial charge in [0, 0.05) is 6.54 Å². The summed E-state index contributed by atoms with van der Waals surface area (Å²) in [5.41, 5.74) is 6.42. The van der Waals surface area contributed by atoms with Gasteiger partial charge in [0.1, 0.15) is 5.75 Å². The fraction of sp³-hybridized carbons (Fsp3) is 0.308. The Morgan fingerprint density at radius 1 is 1.56 bits per heavy atom. The van der Waals surface area contributed by atoms with Crippen molar-refractivity contribution in [2.45, 2.75) is 6.42 Å². The lowest BCUT2D eigenvalue weighted by Gasteiger charge is -2.12. The van der Waals surface area contributed by atoms with E-state index in [1.165, 1.54) is 0 Å². The van der Waals surface area contributed by atoms with Crippen molar-refractivity contribution in [3.63, 3.8) is 0 Å². The van der Waals surface area contributed by atoms with Gasteiger partial charge in [-0.25, -0.2) is 0 Å². The van der Waals surface area contributed by atoms with Gasteiger partial charge in [0.25, 0.3) is 5.91 Å². The Labute approximate surface area is 112 Å². The van der Waals surface area contributed by atoms with Gasteiger partial charge >= 0.3 is 0 Å². The van der Waals surface area contributed by atoms with Crippen LogP contribution in [0.15, 0.2) is 30.9 Å². The van der Waals surface area contributed by atoms with Crippen LogP contribution in [0, 0.1) is 0 Å². The van der Waals surface area contributed by atoms with Gasteiger partial charge in [0.15, 0.2) is 6.61 Å². The summed E-state index contributed by atoms with van der Waals surface area (Å²) >= 11 is 6.04.